The summed E-state index contributed by atoms with van der Waals surface area (Å²) >= 11 is 0. The van der Waals surface area contributed by atoms with Gasteiger partial charge in [0.1, 0.15) is 6.10 Å². The summed E-state index contributed by atoms with van der Waals surface area (Å²) in [5.41, 5.74) is 0.507. The molecule has 1 aromatic rings. The van der Waals surface area contributed by atoms with E-state index in [2.05, 4.69) is 5.32 Å². The zero-order chi connectivity index (χ0) is 15.1. The average molecular weight is 283 g/mol. The van der Waals surface area contributed by atoms with Crippen molar-refractivity contribution in [2.24, 2.45) is 0 Å². The van der Waals surface area contributed by atoms with Crippen molar-refractivity contribution in [3.05, 3.63) is 12.1 Å². The van der Waals surface area contributed by atoms with Crippen molar-refractivity contribution in [2.75, 3.05) is 26.6 Å². The minimum absolute atomic E-state index is 0.142. The van der Waals surface area contributed by atoms with Crippen LogP contribution in [-0.4, -0.2) is 33.5 Å². The van der Waals surface area contributed by atoms with Gasteiger partial charge < -0.3 is 18.9 Å². The molecule has 0 aliphatic carbocycles. The normalized spacial score (nSPS) is 11.4. The predicted molar refractivity (Wildman–Crippen MR) is 76.0 cm³/mol. The van der Waals surface area contributed by atoms with E-state index in [9.17, 15) is 4.79 Å². The van der Waals surface area contributed by atoms with Crippen molar-refractivity contribution in [1.29, 1.82) is 0 Å². The monoisotopic (exact) mass is 283 g/mol. The first-order valence-electron chi connectivity index (χ1n) is 6.33. The molecule has 112 valence electrons. The first kappa shape index (κ1) is 15.9. The maximum atomic E-state index is 11.7. The summed E-state index contributed by atoms with van der Waals surface area (Å²) in [6, 6.07) is 3.28. The van der Waals surface area contributed by atoms with Gasteiger partial charge in [0.15, 0.2) is 11.5 Å². The molecular weight excluding hydrogens is 262 g/mol. The molecule has 20 heavy (non-hydrogen) atoms. The molecule has 0 aliphatic heterocycles. The van der Waals surface area contributed by atoms with E-state index in [4.69, 9.17) is 18.9 Å². The Hall–Kier alpha value is -2.11. The van der Waals surface area contributed by atoms with E-state index in [1.165, 1.54) is 21.3 Å². The average Bonchev–Trinajstić information content (AvgIpc) is 2.45. The Morgan fingerprint density at radius 2 is 1.70 bits per heavy atom. The third kappa shape index (κ3) is 3.94. The van der Waals surface area contributed by atoms with Gasteiger partial charge in [-0.2, -0.15) is 0 Å². The largest absolute Gasteiger partial charge is 0.493 e. The van der Waals surface area contributed by atoms with Crippen LogP contribution in [0.2, 0.25) is 0 Å². The van der Waals surface area contributed by atoms with Crippen LogP contribution in [0.4, 0.5) is 10.5 Å². The van der Waals surface area contributed by atoms with E-state index in [-0.39, 0.29) is 6.10 Å². The summed E-state index contributed by atoms with van der Waals surface area (Å²) in [5.74, 6) is 1.40. The summed E-state index contributed by atoms with van der Waals surface area (Å²) in [6.07, 6.45) is 0.0912. The third-order valence-corrected chi connectivity index (χ3v) is 2.79. The standard InChI is InChI=1S/C14H21NO5/c1-6-9(2)20-14(16)15-10-7-11(17-3)13(19-5)12(8-10)18-4/h7-9H,6H2,1-5H3,(H,15,16). The van der Waals surface area contributed by atoms with E-state index in [1.54, 1.807) is 12.1 Å². The summed E-state index contributed by atoms with van der Waals surface area (Å²) in [4.78, 5) is 11.7. The summed E-state index contributed by atoms with van der Waals surface area (Å²) < 4.78 is 20.8. The smallest absolute Gasteiger partial charge is 0.411 e. The lowest BCUT2D eigenvalue weighted by molar-refractivity contribution is 0.118. The Morgan fingerprint density at radius 3 is 2.10 bits per heavy atom. The quantitative estimate of drug-likeness (QED) is 0.869. The van der Waals surface area contributed by atoms with Gasteiger partial charge in [-0.05, 0) is 13.3 Å². The maximum absolute atomic E-state index is 11.7. The first-order valence-corrected chi connectivity index (χ1v) is 6.33. The second-order valence-electron chi connectivity index (χ2n) is 4.16. The van der Waals surface area contributed by atoms with E-state index in [0.29, 0.717) is 22.9 Å². The number of carbonyl (C=O) groups excluding carboxylic acids is 1. The van der Waals surface area contributed by atoms with Crippen molar-refractivity contribution in [1.82, 2.24) is 0 Å². The SMILES string of the molecule is CCC(C)OC(=O)Nc1cc(OC)c(OC)c(OC)c1. The van der Waals surface area contributed by atoms with Crippen molar-refractivity contribution >= 4 is 11.8 Å². The molecule has 0 radical (unpaired) electrons. The molecule has 1 aromatic carbocycles. The molecular formula is C14H21NO5. The van der Waals surface area contributed by atoms with Gasteiger partial charge in [0.05, 0.1) is 27.0 Å². The Labute approximate surface area is 119 Å². The number of carbonyl (C=O) groups is 1. The number of hydrogen-bond donors (Lipinski definition) is 1. The molecule has 1 N–H and O–H groups in total. The molecule has 1 amide bonds. The van der Waals surface area contributed by atoms with E-state index < -0.39 is 6.09 Å². The van der Waals surface area contributed by atoms with Gasteiger partial charge in [-0.3, -0.25) is 5.32 Å². The van der Waals surface area contributed by atoms with Crippen LogP contribution >= 0.6 is 0 Å². The highest BCUT2D eigenvalue weighted by Crippen LogP contribution is 2.39. The van der Waals surface area contributed by atoms with Crippen molar-refractivity contribution in [3.8, 4) is 17.2 Å². The van der Waals surface area contributed by atoms with Crippen molar-refractivity contribution in [2.45, 2.75) is 26.4 Å². The van der Waals surface area contributed by atoms with E-state index in [0.717, 1.165) is 6.42 Å². The number of anilines is 1. The molecule has 1 unspecified atom stereocenters. The van der Waals surface area contributed by atoms with Gasteiger partial charge in [0.25, 0.3) is 0 Å². The fourth-order valence-electron chi connectivity index (χ4n) is 1.57. The number of methoxy groups -OCH3 is 3. The highest BCUT2D eigenvalue weighted by molar-refractivity contribution is 5.86. The van der Waals surface area contributed by atoms with Crippen LogP contribution < -0.4 is 19.5 Å². The fraction of sp³-hybridized carbons (Fsp3) is 0.500. The van der Waals surface area contributed by atoms with Crippen LogP contribution in [0.3, 0.4) is 0 Å². The number of ether oxygens (including phenoxy) is 4. The third-order valence-electron chi connectivity index (χ3n) is 2.79. The van der Waals surface area contributed by atoms with Crippen LogP contribution in [0.25, 0.3) is 0 Å². The van der Waals surface area contributed by atoms with Crippen LogP contribution in [0.5, 0.6) is 17.2 Å². The number of amides is 1. The highest BCUT2D eigenvalue weighted by Gasteiger charge is 2.15. The molecule has 0 spiro atoms. The van der Waals surface area contributed by atoms with Gasteiger partial charge in [-0.25, -0.2) is 4.79 Å². The summed E-state index contributed by atoms with van der Waals surface area (Å²) in [6.45, 7) is 3.77. The van der Waals surface area contributed by atoms with Crippen LogP contribution in [0.15, 0.2) is 12.1 Å². The lowest BCUT2D eigenvalue weighted by Crippen LogP contribution is -2.19. The van der Waals surface area contributed by atoms with Crippen LogP contribution in [-0.2, 0) is 4.74 Å². The van der Waals surface area contributed by atoms with E-state index in [1.807, 2.05) is 13.8 Å². The lowest BCUT2D eigenvalue weighted by atomic mass is 10.2. The van der Waals surface area contributed by atoms with Gasteiger partial charge in [0, 0.05) is 12.1 Å². The summed E-state index contributed by atoms with van der Waals surface area (Å²) in [5, 5.41) is 2.63. The molecule has 0 saturated carbocycles. The second kappa shape index (κ2) is 7.47. The number of nitrogens with one attached hydrogen (secondary N) is 1. The van der Waals surface area contributed by atoms with Gasteiger partial charge in [-0.15, -0.1) is 0 Å². The Bertz CT molecular complexity index is 436. The molecule has 0 fully saturated rings. The van der Waals surface area contributed by atoms with Crippen molar-refractivity contribution < 1.29 is 23.7 Å². The van der Waals surface area contributed by atoms with Gasteiger partial charge in [0.2, 0.25) is 5.75 Å². The molecule has 0 heterocycles. The molecule has 1 rings (SSSR count). The molecule has 0 aromatic heterocycles. The predicted octanol–water partition coefficient (Wildman–Crippen LogP) is 3.06. The zero-order valence-corrected chi connectivity index (χ0v) is 12.5. The van der Waals surface area contributed by atoms with E-state index >= 15 is 0 Å². The van der Waals surface area contributed by atoms with Crippen LogP contribution in [0.1, 0.15) is 20.3 Å². The number of hydrogen-bond acceptors (Lipinski definition) is 5. The Morgan fingerprint density at radius 1 is 1.15 bits per heavy atom. The number of rotatable bonds is 6. The molecule has 6 heteroatoms. The minimum atomic E-state index is -0.520. The molecule has 0 aliphatic rings. The topological polar surface area (TPSA) is 66.0 Å². The number of benzene rings is 1. The fourth-order valence-corrected chi connectivity index (χ4v) is 1.57. The molecule has 1 atom stereocenters. The second-order valence-corrected chi connectivity index (χ2v) is 4.16. The Balaban J connectivity index is 2.93. The zero-order valence-electron chi connectivity index (χ0n) is 12.5. The van der Waals surface area contributed by atoms with Crippen LogP contribution in [0, 0.1) is 0 Å². The molecule has 0 saturated heterocycles. The van der Waals surface area contributed by atoms with Gasteiger partial charge in [-0.1, -0.05) is 6.92 Å². The first-order chi connectivity index (χ1) is 9.55. The highest BCUT2D eigenvalue weighted by atomic mass is 16.6. The molecule has 6 nitrogen and oxygen atoms in total. The maximum Gasteiger partial charge on any atom is 0.411 e. The lowest BCUT2D eigenvalue weighted by Gasteiger charge is -2.15. The summed E-state index contributed by atoms with van der Waals surface area (Å²) in [7, 11) is 4.54. The molecule has 0 bridgehead atoms. The van der Waals surface area contributed by atoms with Gasteiger partial charge >= 0.3 is 6.09 Å². The van der Waals surface area contributed by atoms with Crippen molar-refractivity contribution in [3.63, 3.8) is 0 Å². The Kier molecular flexibility index (Phi) is 5.96. The minimum Gasteiger partial charge on any atom is -0.493 e.